The molecule has 6 N–H and O–H groups in total. The van der Waals surface area contributed by atoms with E-state index in [9.17, 15) is 9.59 Å². The van der Waals surface area contributed by atoms with E-state index in [1.165, 1.54) is 0 Å². The third kappa shape index (κ3) is 14.8. The molecule has 1 aliphatic heterocycles. The van der Waals surface area contributed by atoms with Gasteiger partial charge in [-0.1, -0.05) is 52.3 Å². The van der Waals surface area contributed by atoms with Crippen LogP contribution in [0.1, 0.15) is 91.5 Å². The molecule has 2 amide bonds. The van der Waals surface area contributed by atoms with E-state index in [-0.39, 0.29) is 18.3 Å². The summed E-state index contributed by atoms with van der Waals surface area (Å²) in [6.45, 7) is 24.1. The number of nitrogen functional groups attached to an aromatic ring is 2. The number of halogens is 1. The highest BCUT2D eigenvalue weighted by Crippen LogP contribution is 2.36. The van der Waals surface area contributed by atoms with E-state index in [0.717, 1.165) is 43.3 Å². The van der Waals surface area contributed by atoms with Crippen LogP contribution in [-0.4, -0.2) is 51.7 Å². The summed E-state index contributed by atoms with van der Waals surface area (Å²) in [7, 11) is -0.378. The van der Waals surface area contributed by atoms with Gasteiger partial charge in [-0.25, -0.2) is 19.6 Å². The second-order valence-electron chi connectivity index (χ2n) is 16.5. The number of amides is 2. The molecule has 5 rings (SSSR count). The summed E-state index contributed by atoms with van der Waals surface area (Å²) in [6.07, 6.45) is 2.52. The molecule has 0 saturated carbocycles. The van der Waals surface area contributed by atoms with Gasteiger partial charge in [0.05, 0.1) is 11.2 Å². The monoisotopic (exact) mass is 832 g/mol. The molecule has 0 atom stereocenters. The van der Waals surface area contributed by atoms with Crippen molar-refractivity contribution in [2.45, 2.75) is 119 Å². The van der Waals surface area contributed by atoms with E-state index in [0.29, 0.717) is 24.7 Å². The Bertz CT molecular complexity index is 1930. The number of ether oxygens (including phenoxy) is 2. The summed E-state index contributed by atoms with van der Waals surface area (Å²) >= 11 is 3.24. The number of hydrogen-bond acceptors (Lipinski definition) is 10. The molecule has 14 heteroatoms. The molecule has 56 heavy (non-hydrogen) atoms. The molecule has 2 aromatic carbocycles. The first-order chi connectivity index (χ1) is 25.8. The fourth-order valence-electron chi connectivity index (χ4n) is 5.13. The Kier molecular flexibility index (Phi) is 15.5. The minimum Gasteiger partial charge on any atom is -0.444 e. The quantitative estimate of drug-likeness (QED) is 0.138. The van der Waals surface area contributed by atoms with Crippen LogP contribution in [0.3, 0.4) is 0 Å². The minimum atomic E-state index is -0.500. The molecule has 0 radical (unpaired) electrons. The first-order valence-corrected chi connectivity index (χ1v) is 19.2. The number of aryl methyl sites for hydroxylation is 2. The number of nitrogens with zero attached hydrogens (tertiary/aromatic N) is 2. The molecule has 2 aromatic heterocycles. The van der Waals surface area contributed by atoms with Crippen molar-refractivity contribution in [1.82, 2.24) is 20.6 Å². The largest absolute Gasteiger partial charge is 0.494 e. The topological polar surface area (TPSA) is 173 Å². The van der Waals surface area contributed by atoms with Gasteiger partial charge in [0.2, 0.25) is 0 Å². The number of anilines is 2. The second kappa shape index (κ2) is 19.0. The summed E-state index contributed by atoms with van der Waals surface area (Å²) in [6, 6.07) is 19.4. The van der Waals surface area contributed by atoms with Gasteiger partial charge >= 0.3 is 19.3 Å². The van der Waals surface area contributed by atoms with Crippen LogP contribution in [0.15, 0.2) is 77.5 Å². The fourth-order valence-corrected chi connectivity index (χ4v) is 5.48. The Balaban J connectivity index is 0.000000251. The van der Waals surface area contributed by atoms with Crippen molar-refractivity contribution in [2.24, 2.45) is 0 Å². The zero-order valence-electron chi connectivity index (χ0n) is 34.8. The van der Waals surface area contributed by atoms with Crippen molar-refractivity contribution < 1.29 is 28.4 Å². The van der Waals surface area contributed by atoms with Crippen LogP contribution in [-0.2, 0) is 31.9 Å². The molecule has 4 aromatic rings. The highest BCUT2D eigenvalue weighted by atomic mass is 79.9. The molecule has 0 unspecified atom stereocenters. The molecule has 3 heterocycles. The lowest BCUT2D eigenvalue weighted by molar-refractivity contribution is 0.00578. The molecule has 1 aliphatic rings. The highest BCUT2D eigenvalue weighted by molar-refractivity contribution is 9.10. The lowest BCUT2D eigenvalue weighted by Crippen LogP contribution is -2.41. The number of aromatic nitrogens is 2. The van der Waals surface area contributed by atoms with Crippen LogP contribution in [0.4, 0.5) is 21.2 Å². The number of benzene rings is 2. The van der Waals surface area contributed by atoms with Gasteiger partial charge in [0.15, 0.2) is 0 Å². The maximum atomic E-state index is 11.8. The molecule has 12 nitrogen and oxygen atoms in total. The summed E-state index contributed by atoms with van der Waals surface area (Å²) in [5.74, 6) is 1.04. The minimum absolute atomic E-state index is 0.359. The van der Waals surface area contributed by atoms with E-state index in [2.05, 4.69) is 42.6 Å². The van der Waals surface area contributed by atoms with Crippen LogP contribution in [0, 0.1) is 13.8 Å². The molecule has 0 aliphatic carbocycles. The molecule has 0 bridgehead atoms. The number of carbonyl (C=O) groups excluding carboxylic acids is 2. The van der Waals surface area contributed by atoms with Gasteiger partial charge in [-0.2, -0.15) is 0 Å². The zero-order chi connectivity index (χ0) is 42.1. The van der Waals surface area contributed by atoms with Gasteiger partial charge in [-0.3, -0.25) is 0 Å². The average Bonchev–Trinajstić information content (AvgIpc) is 3.28. The van der Waals surface area contributed by atoms with Crippen LogP contribution in [0.25, 0.3) is 11.1 Å². The van der Waals surface area contributed by atoms with Gasteiger partial charge in [-0.15, -0.1) is 0 Å². The van der Waals surface area contributed by atoms with E-state index in [4.69, 9.17) is 30.2 Å². The lowest BCUT2D eigenvalue weighted by atomic mass is 9.78. The molecular formula is C42H58BBrN6O6. The Hall–Kier alpha value is -4.66. The molecule has 302 valence electrons. The number of hydrogen-bond donors (Lipinski definition) is 4. The second-order valence-corrected chi connectivity index (χ2v) is 17.4. The van der Waals surface area contributed by atoms with Crippen molar-refractivity contribution in [3.05, 3.63) is 99.8 Å². The van der Waals surface area contributed by atoms with E-state index < -0.39 is 23.4 Å². The predicted octanol–water partition coefficient (Wildman–Crippen LogP) is 8.41. The Morgan fingerprint density at radius 3 is 1.55 bits per heavy atom. The number of alkyl carbamates (subject to hydrolysis) is 2. The maximum Gasteiger partial charge on any atom is 0.494 e. The highest BCUT2D eigenvalue weighted by Gasteiger charge is 2.51. The average molecular weight is 834 g/mol. The summed E-state index contributed by atoms with van der Waals surface area (Å²) < 4.78 is 23.6. The Labute approximate surface area is 341 Å². The van der Waals surface area contributed by atoms with Crippen LogP contribution >= 0.6 is 15.9 Å². The first-order valence-electron chi connectivity index (χ1n) is 18.4. The fraction of sp³-hybridized carbons (Fsp3) is 0.429. The number of nitrogens with two attached hydrogens (primary N) is 2. The third-order valence-electron chi connectivity index (χ3n) is 8.74. The van der Waals surface area contributed by atoms with Gasteiger partial charge in [0.1, 0.15) is 22.8 Å². The predicted molar refractivity (Wildman–Crippen MR) is 228 cm³/mol. The van der Waals surface area contributed by atoms with Crippen molar-refractivity contribution in [3.63, 3.8) is 0 Å². The Morgan fingerprint density at radius 1 is 0.696 bits per heavy atom. The summed E-state index contributed by atoms with van der Waals surface area (Å²) in [5.41, 5.74) is 16.6. The maximum absolute atomic E-state index is 11.8. The van der Waals surface area contributed by atoms with Crippen molar-refractivity contribution in [3.8, 4) is 11.1 Å². The third-order valence-corrected chi connectivity index (χ3v) is 9.23. The van der Waals surface area contributed by atoms with Gasteiger partial charge in [0, 0.05) is 30.0 Å². The number of nitrogens with one attached hydrogen (secondary N) is 2. The van der Waals surface area contributed by atoms with Gasteiger partial charge in [-0.05, 0) is 146 Å². The van der Waals surface area contributed by atoms with Crippen molar-refractivity contribution in [1.29, 1.82) is 0 Å². The van der Waals surface area contributed by atoms with Gasteiger partial charge < -0.3 is 40.9 Å². The molecule has 0 spiro atoms. The smallest absolute Gasteiger partial charge is 0.444 e. The Morgan fingerprint density at radius 2 is 1.14 bits per heavy atom. The molecular weight excluding hydrogens is 775 g/mol. The zero-order valence-corrected chi connectivity index (χ0v) is 36.4. The van der Waals surface area contributed by atoms with E-state index in [1.54, 1.807) is 18.5 Å². The standard InChI is InChI=1S/C19H30BNO4.C18H23N3O2.C5H5BrN2/c1-13-11-15(20-24-18(5,6)19(7,8)25-20)10-9-14(13)12-21-16(22)23-17(2,3)4;1-12-9-13(14-7-8-20-16(19)10-14)5-6-15(12)11-21-17(22)23-18(2,3)4;6-4-1-2-8-5(7)3-4/h9-11H,12H2,1-8H3,(H,21,22);5-10H,11H2,1-4H3,(H2,19,20)(H,21,22);1-3H,(H2,7,8). The number of carbonyl (C=O) groups is 2. The molecule has 1 fully saturated rings. The van der Waals surface area contributed by atoms with Crippen LogP contribution < -0.4 is 27.6 Å². The summed E-state index contributed by atoms with van der Waals surface area (Å²) in [4.78, 5) is 31.3. The SMILES string of the molecule is Cc1cc(-c2ccnc(N)c2)ccc1CNC(=O)OC(C)(C)C.Cc1cc(B2OC(C)(C)C(C)(C)O2)ccc1CNC(=O)OC(C)(C)C.Nc1cc(Br)ccn1. The number of rotatable bonds is 6. The number of pyridine rings is 2. The van der Waals surface area contributed by atoms with E-state index >= 15 is 0 Å². The summed E-state index contributed by atoms with van der Waals surface area (Å²) in [5, 5.41) is 5.56. The van der Waals surface area contributed by atoms with Crippen molar-refractivity contribution >= 4 is 52.3 Å². The first kappa shape index (κ1) is 45.7. The van der Waals surface area contributed by atoms with Gasteiger partial charge in [0.25, 0.3) is 0 Å². The van der Waals surface area contributed by atoms with E-state index in [1.807, 2.05) is 132 Å². The van der Waals surface area contributed by atoms with Crippen molar-refractivity contribution in [2.75, 3.05) is 11.5 Å². The molecule has 1 saturated heterocycles. The lowest BCUT2D eigenvalue weighted by Gasteiger charge is -2.32. The normalized spacial score (nSPS) is 14.3. The van der Waals surface area contributed by atoms with Crippen LogP contribution in [0.2, 0.25) is 0 Å². The van der Waals surface area contributed by atoms with Crippen LogP contribution in [0.5, 0.6) is 0 Å².